The van der Waals surface area contributed by atoms with Crippen molar-refractivity contribution in [2.45, 2.75) is 25.7 Å². The lowest BCUT2D eigenvalue weighted by atomic mass is 9.70. The summed E-state index contributed by atoms with van der Waals surface area (Å²) in [6, 6.07) is 0. The lowest BCUT2D eigenvalue weighted by molar-refractivity contribution is -0.130. The van der Waals surface area contributed by atoms with E-state index in [-0.39, 0.29) is 0 Å². The average molecular weight is 136 g/mol. The van der Waals surface area contributed by atoms with Crippen LogP contribution in [0.5, 0.6) is 0 Å². The van der Waals surface area contributed by atoms with Gasteiger partial charge in [-0.1, -0.05) is 0 Å². The molecule has 0 heterocycles. The molecule has 0 aromatic carbocycles. The van der Waals surface area contributed by atoms with Crippen LogP contribution < -0.4 is 0 Å². The lowest BCUT2D eigenvalue weighted by Gasteiger charge is -2.33. The summed E-state index contributed by atoms with van der Waals surface area (Å²) in [5.74, 6) is 3.34. The highest BCUT2D eigenvalue weighted by molar-refractivity contribution is 5.88. The molecule has 54 valence electrons. The Bertz CT molecular complexity index is 189. The molecule has 4 bridgehead atoms. The van der Waals surface area contributed by atoms with Crippen molar-refractivity contribution in [2.24, 2.45) is 23.7 Å². The zero-order valence-electron chi connectivity index (χ0n) is 6.05. The molecule has 1 heteroatoms. The second-order valence-corrected chi connectivity index (χ2v) is 4.18. The minimum Gasteiger partial charge on any atom is -0.299 e. The summed E-state index contributed by atoms with van der Waals surface area (Å²) < 4.78 is 0. The summed E-state index contributed by atoms with van der Waals surface area (Å²) >= 11 is 0. The van der Waals surface area contributed by atoms with Gasteiger partial charge >= 0.3 is 0 Å². The molecule has 10 heavy (non-hydrogen) atoms. The Morgan fingerprint density at radius 2 is 1.90 bits per heavy atom. The third-order valence-electron chi connectivity index (χ3n) is 3.88. The molecule has 4 rings (SSSR count). The molecule has 0 aromatic heterocycles. The maximum absolute atomic E-state index is 11.4. The predicted octanol–water partition coefficient (Wildman–Crippen LogP) is 1.62. The van der Waals surface area contributed by atoms with Crippen molar-refractivity contribution in [3.63, 3.8) is 0 Å². The Labute approximate surface area is 60.8 Å². The monoisotopic (exact) mass is 136 g/mol. The Balaban J connectivity index is 2.08. The van der Waals surface area contributed by atoms with Gasteiger partial charge in [-0.15, -0.1) is 0 Å². The van der Waals surface area contributed by atoms with Gasteiger partial charge in [0.1, 0.15) is 5.78 Å². The van der Waals surface area contributed by atoms with Gasteiger partial charge in [0.2, 0.25) is 0 Å². The number of Topliss-reactive ketones (excluding diaryl/α,β-unsaturated/α-hetero) is 1. The number of carbonyl (C=O) groups excluding carboxylic acids is 1. The van der Waals surface area contributed by atoms with Crippen molar-refractivity contribution in [3.8, 4) is 0 Å². The summed E-state index contributed by atoms with van der Waals surface area (Å²) in [5.41, 5.74) is 0. The van der Waals surface area contributed by atoms with E-state index < -0.39 is 0 Å². The second-order valence-electron chi connectivity index (χ2n) is 4.18. The summed E-state index contributed by atoms with van der Waals surface area (Å²) in [7, 11) is 0. The number of hydrogen-bond acceptors (Lipinski definition) is 1. The maximum atomic E-state index is 11.4. The van der Waals surface area contributed by atoms with Gasteiger partial charge in [0.05, 0.1) is 0 Å². The SMILES string of the molecule is O=C1C2CCC3CC2CC13. The molecule has 4 fully saturated rings. The van der Waals surface area contributed by atoms with Crippen LogP contribution in [0.2, 0.25) is 0 Å². The standard InChI is InChI=1S/C9H12O/c10-9-7-2-1-5-3-6(7)4-8(5)9/h5-8H,1-4H2. The third kappa shape index (κ3) is 0.415. The van der Waals surface area contributed by atoms with Gasteiger partial charge in [-0.3, -0.25) is 4.79 Å². The molecule has 4 unspecified atom stereocenters. The normalized spacial score (nSPS) is 56.6. The highest BCUT2D eigenvalue weighted by Gasteiger charge is 2.55. The predicted molar refractivity (Wildman–Crippen MR) is 37.4 cm³/mol. The molecule has 4 saturated carbocycles. The maximum Gasteiger partial charge on any atom is 0.139 e. The number of rotatable bonds is 0. The van der Waals surface area contributed by atoms with Gasteiger partial charge in [0.25, 0.3) is 0 Å². The lowest BCUT2D eigenvalue weighted by Crippen LogP contribution is -2.34. The van der Waals surface area contributed by atoms with Gasteiger partial charge < -0.3 is 0 Å². The number of hydrogen-bond donors (Lipinski definition) is 0. The minimum absolute atomic E-state index is 0.523. The summed E-state index contributed by atoms with van der Waals surface area (Å²) in [6.07, 6.45) is 5.23. The quantitative estimate of drug-likeness (QED) is 0.494. The van der Waals surface area contributed by atoms with E-state index in [0.717, 1.165) is 11.8 Å². The molecule has 0 aliphatic heterocycles. The van der Waals surface area contributed by atoms with E-state index >= 15 is 0 Å². The van der Waals surface area contributed by atoms with Crippen molar-refractivity contribution in [1.82, 2.24) is 0 Å². The van der Waals surface area contributed by atoms with Crippen LogP contribution in [0.4, 0.5) is 0 Å². The van der Waals surface area contributed by atoms with Gasteiger partial charge in [0.15, 0.2) is 0 Å². The second kappa shape index (κ2) is 1.46. The molecule has 1 nitrogen and oxygen atoms in total. The van der Waals surface area contributed by atoms with Crippen LogP contribution in [0.25, 0.3) is 0 Å². The Morgan fingerprint density at radius 3 is 2.40 bits per heavy atom. The van der Waals surface area contributed by atoms with Crippen molar-refractivity contribution in [2.75, 3.05) is 0 Å². The van der Waals surface area contributed by atoms with Crippen LogP contribution in [0.15, 0.2) is 0 Å². The molecule has 4 aliphatic rings. The first-order valence-electron chi connectivity index (χ1n) is 4.40. The largest absolute Gasteiger partial charge is 0.299 e. The van der Waals surface area contributed by atoms with Crippen molar-refractivity contribution < 1.29 is 4.79 Å². The summed E-state index contributed by atoms with van der Waals surface area (Å²) in [6.45, 7) is 0. The first-order chi connectivity index (χ1) is 4.86. The van der Waals surface area contributed by atoms with Crippen LogP contribution >= 0.6 is 0 Å². The molecule has 0 saturated heterocycles. The van der Waals surface area contributed by atoms with E-state index in [2.05, 4.69) is 0 Å². The van der Waals surface area contributed by atoms with E-state index in [4.69, 9.17) is 0 Å². The van der Waals surface area contributed by atoms with Crippen LogP contribution in [-0.2, 0) is 4.79 Å². The number of ketones is 1. The topological polar surface area (TPSA) is 17.1 Å². The number of fused-ring (bicyclic) bond motifs is 1. The van der Waals surface area contributed by atoms with Crippen LogP contribution in [-0.4, -0.2) is 5.78 Å². The number of carbonyl (C=O) groups is 1. The summed E-state index contributed by atoms with van der Waals surface area (Å²) in [4.78, 5) is 11.4. The van der Waals surface area contributed by atoms with E-state index in [1.54, 1.807) is 0 Å². The molecular formula is C9H12O. The molecule has 0 amide bonds. The molecule has 0 radical (unpaired) electrons. The molecule has 0 N–H and O–H groups in total. The zero-order chi connectivity index (χ0) is 6.72. The fourth-order valence-corrected chi connectivity index (χ4v) is 3.44. The van der Waals surface area contributed by atoms with E-state index in [1.165, 1.54) is 25.7 Å². The van der Waals surface area contributed by atoms with E-state index in [1.807, 2.05) is 0 Å². The fraction of sp³-hybridized carbons (Fsp3) is 0.889. The minimum atomic E-state index is 0.523. The molecule has 0 aromatic rings. The Hall–Kier alpha value is -0.330. The third-order valence-corrected chi connectivity index (χ3v) is 3.88. The molecular weight excluding hydrogens is 124 g/mol. The van der Waals surface area contributed by atoms with Gasteiger partial charge in [-0.2, -0.15) is 0 Å². The van der Waals surface area contributed by atoms with Crippen LogP contribution in [0, 0.1) is 23.7 Å². The zero-order valence-corrected chi connectivity index (χ0v) is 6.05. The Kier molecular flexibility index (Phi) is 0.781. The van der Waals surface area contributed by atoms with Gasteiger partial charge in [-0.05, 0) is 37.5 Å². The van der Waals surface area contributed by atoms with Crippen molar-refractivity contribution in [3.05, 3.63) is 0 Å². The molecule has 0 spiro atoms. The van der Waals surface area contributed by atoms with Crippen LogP contribution in [0.3, 0.4) is 0 Å². The smallest absolute Gasteiger partial charge is 0.139 e. The molecule has 4 atom stereocenters. The highest BCUT2D eigenvalue weighted by atomic mass is 16.1. The highest BCUT2D eigenvalue weighted by Crippen LogP contribution is 2.57. The fourth-order valence-electron chi connectivity index (χ4n) is 3.44. The first-order valence-corrected chi connectivity index (χ1v) is 4.40. The summed E-state index contributed by atoms with van der Waals surface area (Å²) in [5, 5.41) is 0. The van der Waals surface area contributed by atoms with Crippen molar-refractivity contribution in [1.29, 1.82) is 0 Å². The van der Waals surface area contributed by atoms with Gasteiger partial charge in [0, 0.05) is 11.8 Å². The van der Waals surface area contributed by atoms with Crippen molar-refractivity contribution >= 4 is 5.78 Å². The van der Waals surface area contributed by atoms with E-state index in [0.29, 0.717) is 17.6 Å². The Morgan fingerprint density at radius 1 is 1.00 bits per heavy atom. The van der Waals surface area contributed by atoms with E-state index in [9.17, 15) is 4.79 Å². The van der Waals surface area contributed by atoms with Crippen LogP contribution in [0.1, 0.15) is 25.7 Å². The van der Waals surface area contributed by atoms with Gasteiger partial charge in [-0.25, -0.2) is 0 Å². The average Bonchev–Trinajstić information content (AvgIpc) is 2.41. The first kappa shape index (κ1) is 5.34. The molecule has 4 aliphatic carbocycles.